The summed E-state index contributed by atoms with van der Waals surface area (Å²) in [5.41, 5.74) is 0.725. The summed E-state index contributed by atoms with van der Waals surface area (Å²) in [4.78, 5) is 25.2. The number of halogens is 3. The maximum atomic E-state index is 12.8. The molecule has 6 nitrogen and oxygen atoms in total. The van der Waals surface area contributed by atoms with Crippen molar-refractivity contribution in [2.75, 3.05) is 6.54 Å². The van der Waals surface area contributed by atoms with Crippen molar-refractivity contribution in [2.24, 2.45) is 7.05 Å². The van der Waals surface area contributed by atoms with Crippen LogP contribution in [0.15, 0.2) is 22.8 Å². The van der Waals surface area contributed by atoms with Gasteiger partial charge < -0.3 is 9.32 Å². The zero-order valence-corrected chi connectivity index (χ0v) is 13.3. The number of aryl methyl sites for hydroxylation is 2. The summed E-state index contributed by atoms with van der Waals surface area (Å²) in [5.74, 6) is -2.11. The van der Waals surface area contributed by atoms with Crippen LogP contribution in [0.3, 0.4) is 0 Å². The Bertz CT molecular complexity index is 748. The molecule has 130 valence electrons. The van der Waals surface area contributed by atoms with Crippen molar-refractivity contribution < 1.29 is 27.2 Å². The summed E-state index contributed by atoms with van der Waals surface area (Å²) in [6.45, 7) is 1.10. The predicted octanol–water partition coefficient (Wildman–Crippen LogP) is 2.40. The largest absolute Gasteiger partial charge is 0.467 e. The number of amides is 1. The summed E-state index contributed by atoms with van der Waals surface area (Å²) in [6, 6.07) is 2.92. The molecule has 24 heavy (non-hydrogen) atoms. The first-order chi connectivity index (χ1) is 11.1. The zero-order valence-electron chi connectivity index (χ0n) is 13.3. The number of Topliss-reactive ketones (excluding diaryl/α,β-unsaturated/α-hetero) is 1. The molecule has 0 aromatic carbocycles. The van der Waals surface area contributed by atoms with E-state index >= 15 is 0 Å². The summed E-state index contributed by atoms with van der Waals surface area (Å²) >= 11 is 0. The van der Waals surface area contributed by atoms with Crippen LogP contribution in [0.1, 0.15) is 27.5 Å². The summed E-state index contributed by atoms with van der Waals surface area (Å²) in [7, 11) is 1.58. The Morgan fingerprint density at radius 1 is 1.33 bits per heavy atom. The molecule has 0 radical (unpaired) electrons. The second-order valence-corrected chi connectivity index (χ2v) is 5.35. The molecule has 2 rings (SSSR count). The van der Waals surface area contributed by atoms with E-state index in [1.165, 1.54) is 30.0 Å². The number of alkyl halides is 3. The first-order valence-electron chi connectivity index (χ1n) is 7.03. The SMILES string of the molecule is Cc1nn(C)c(C)c1C(=O)C(=O)N(Cc1ccco1)CC(F)(F)F. The van der Waals surface area contributed by atoms with E-state index in [1.54, 1.807) is 14.0 Å². The van der Waals surface area contributed by atoms with Crippen LogP contribution in [0, 0.1) is 13.8 Å². The van der Waals surface area contributed by atoms with Crippen LogP contribution < -0.4 is 0 Å². The molecule has 2 aromatic heterocycles. The number of rotatable bonds is 5. The van der Waals surface area contributed by atoms with Crippen molar-refractivity contribution in [2.45, 2.75) is 26.6 Å². The van der Waals surface area contributed by atoms with Crippen molar-refractivity contribution in [3.05, 3.63) is 41.1 Å². The van der Waals surface area contributed by atoms with E-state index < -0.39 is 31.0 Å². The van der Waals surface area contributed by atoms with Gasteiger partial charge in [-0.05, 0) is 26.0 Å². The second-order valence-electron chi connectivity index (χ2n) is 5.35. The Morgan fingerprint density at radius 2 is 2.00 bits per heavy atom. The van der Waals surface area contributed by atoms with E-state index in [-0.39, 0.29) is 11.3 Å². The fourth-order valence-electron chi connectivity index (χ4n) is 2.36. The van der Waals surface area contributed by atoms with Crippen LogP contribution in [-0.4, -0.2) is 39.1 Å². The lowest BCUT2D eigenvalue weighted by atomic mass is 10.1. The van der Waals surface area contributed by atoms with Gasteiger partial charge in [-0.3, -0.25) is 14.3 Å². The van der Waals surface area contributed by atoms with Crippen LogP contribution in [0.4, 0.5) is 13.2 Å². The minimum absolute atomic E-state index is 0.0223. The fourth-order valence-corrected chi connectivity index (χ4v) is 2.36. The minimum Gasteiger partial charge on any atom is -0.467 e. The van der Waals surface area contributed by atoms with Gasteiger partial charge in [0, 0.05) is 12.7 Å². The average molecular weight is 343 g/mol. The molecule has 1 amide bonds. The van der Waals surface area contributed by atoms with Crippen LogP contribution >= 0.6 is 0 Å². The summed E-state index contributed by atoms with van der Waals surface area (Å²) in [6.07, 6.45) is -3.36. The fraction of sp³-hybridized carbons (Fsp3) is 0.400. The molecule has 2 heterocycles. The normalized spacial score (nSPS) is 11.6. The smallest absolute Gasteiger partial charge is 0.406 e. The second kappa shape index (κ2) is 6.50. The van der Waals surface area contributed by atoms with Crippen molar-refractivity contribution >= 4 is 11.7 Å². The molecule has 0 N–H and O–H groups in total. The lowest BCUT2D eigenvalue weighted by Crippen LogP contribution is -2.42. The highest BCUT2D eigenvalue weighted by Gasteiger charge is 2.37. The van der Waals surface area contributed by atoms with E-state index in [0.29, 0.717) is 16.3 Å². The molecule has 0 unspecified atom stereocenters. The number of carbonyl (C=O) groups excluding carboxylic acids is 2. The number of hydrogen-bond donors (Lipinski definition) is 0. The summed E-state index contributed by atoms with van der Waals surface area (Å²) in [5, 5.41) is 4.01. The van der Waals surface area contributed by atoms with Gasteiger partial charge in [0.05, 0.1) is 24.1 Å². The first kappa shape index (κ1) is 17.8. The van der Waals surface area contributed by atoms with Gasteiger partial charge in [0.2, 0.25) is 0 Å². The maximum Gasteiger partial charge on any atom is 0.406 e. The van der Waals surface area contributed by atoms with Gasteiger partial charge in [-0.25, -0.2) is 0 Å². The molecule has 2 aromatic rings. The molecule has 0 fully saturated rings. The highest BCUT2D eigenvalue weighted by molar-refractivity contribution is 6.43. The third-order valence-corrected chi connectivity index (χ3v) is 3.51. The van der Waals surface area contributed by atoms with Crippen molar-refractivity contribution in [3.63, 3.8) is 0 Å². The standard InChI is InChI=1S/C15H16F3N3O3/c1-9-12(10(2)20(3)19-9)13(22)14(23)21(8-15(16,17)18)7-11-5-4-6-24-11/h4-6H,7-8H2,1-3H3. The van der Waals surface area contributed by atoms with Crippen LogP contribution in [0.2, 0.25) is 0 Å². The van der Waals surface area contributed by atoms with Crippen LogP contribution in [0.25, 0.3) is 0 Å². The number of furan rings is 1. The molecular weight excluding hydrogens is 327 g/mol. The Balaban J connectivity index is 2.30. The van der Waals surface area contributed by atoms with Gasteiger partial charge in [-0.15, -0.1) is 0 Å². The lowest BCUT2D eigenvalue weighted by molar-refractivity contribution is -0.159. The topological polar surface area (TPSA) is 68.3 Å². The highest BCUT2D eigenvalue weighted by Crippen LogP contribution is 2.21. The van der Waals surface area contributed by atoms with E-state index in [9.17, 15) is 22.8 Å². The predicted molar refractivity (Wildman–Crippen MR) is 77.2 cm³/mol. The maximum absolute atomic E-state index is 12.8. The van der Waals surface area contributed by atoms with Crippen molar-refractivity contribution in [1.82, 2.24) is 14.7 Å². The molecule has 0 saturated carbocycles. The molecular formula is C15H16F3N3O3. The first-order valence-corrected chi connectivity index (χ1v) is 7.03. The number of nitrogens with zero attached hydrogens (tertiary/aromatic N) is 3. The molecule has 0 aliphatic rings. The molecule has 0 aliphatic carbocycles. The molecule has 0 atom stereocenters. The van der Waals surface area contributed by atoms with Gasteiger partial charge in [0.15, 0.2) is 0 Å². The Labute approximate surface area is 135 Å². The molecule has 0 spiro atoms. The van der Waals surface area contributed by atoms with Gasteiger partial charge in [0.1, 0.15) is 12.3 Å². The van der Waals surface area contributed by atoms with Gasteiger partial charge in [0.25, 0.3) is 11.7 Å². The minimum atomic E-state index is -4.64. The third kappa shape index (κ3) is 3.84. The van der Waals surface area contributed by atoms with Crippen LogP contribution in [0.5, 0.6) is 0 Å². The number of carbonyl (C=O) groups is 2. The molecule has 0 aliphatic heterocycles. The van der Waals surface area contributed by atoms with Crippen LogP contribution in [-0.2, 0) is 18.4 Å². The number of hydrogen-bond acceptors (Lipinski definition) is 4. The van der Waals surface area contributed by atoms with Crippen molar-refractivity contribution in [1.29, 1.82) is 0 Å². The average Bonchev–Trinajstić information content (AvgIpc) is 3.04. The molecule has 0 saturated heterocycles. The van der Waals surface area contributed by atoms with E-state index in [1.807, 2.05) is 0 Å². The van der Waals surface area contributed by atoms with Crippen molar-refractivity contribution in [3.8, 4) is 0 Å². The third-order valence-electron chi connectivity index (χ3n) is 3.51. The van der Waals surface area contributed by atoms with E-state index in [0.717, 1.165) is 0 Å². The Hall–Kier alpha value is -2.58. The number of aromatic nitrogens is 2. The molecule has 0 bridgehead atoms. The monoisotopic (exact) mass is 343 g/mol. The quantitative estimate of drug-likeness (QED) is 0.618. The zero-order chi connectivity index (χ0) is 18.1. The number of ketones is 1. The Morgan fingerprint density at radius 3 is 2.46 bits per heavy atom. The van der Waals surface area contributed by atoms with Gasteiger partial charge in [-0.1, -0.05) is 0 Å². The van der Waals surface area contributed by atoms with Gasteiger partial charge >= 0.3 is 6.18 Å². The van der Waals surface area contributed by atoms with Gasteiger partial charge in [-0.2, -0.15) is 18.3 Å². The van der Waals surface area contributed by atoms with E-state index in [4.69, 9.17) is 4.42 Å². The highest BCUT2D eigenvalue weighted by atomic mass is 19.4. The summed E-state index contributed by atoms with van der Waals surface area (Å²) < 4.78 is 44.7. The Kier molecular flexibility index (Phi) is 4.81. The molecule has 9 heteroatoms. The lowest BCUT2D eigenvalue weighted by Gasteiger charge is -2.22. The van der Waals surface area contributed by atoms with E-state index in [2.05, 4.69) is 5.10 Å².